The molecule has 0 saturated carbocycles. The highest BCUT2D eigenvalue weighted by Gasteiger charge is 2.27. The second-order valence-electron chi connectivity index (χ2n) is 7.93. The van der Waals surface area contributed by atoms with Crippen molar-refractivity contribution in [3.8, 4) is 0 Å². The van der Waals surface area contributed by atoms with Crippen molar-refractivity contribution in [1.82, 2.24) is 20.4 Å². The molecular formula is C18H38IN5O. The third-order valence-electron chi connectivity index (χ3n) is 4.57. The van der Waals surface area contributed by atoms with Gasteiger partial charge in [0.15, 0.2) is 5.96 Å². The Morgan fingerprint density at radius 3 is 2.56 bits per heavy atom. The van der Waals surface area contributed by atoms with E-state index in [0.29, 0.717) is 0 Å². The first-order chi connectivity index (χ1) is 11.5. The van der Waals surface area contributed by atoms with E-state index in [-0.39, 0.29) is 29.5 Å². The molecule has 2 saturated heterocycles. The maximum absolute atomic E-state index is 5.45. The second kappa shape index (κ2) is 11.6. The molecule has 6 nitrogen and oxygen atoms in total. The number of likely N-dealkylation sites (tertiary alicyclic amines) is 1. The Bertz CT molecular complexity index is 393. The Kier molecular flexibility index (Phi) is 10.6. The molecule has 2 heterocycles. The Morgan fingerprint density at radius 2 is 1.92 bits per heavy atom. The van der Waals surface area contributed by atoms with Gasteiger partial charge in [0.25, 0.3) is 0 Å². The molecule has 0 aliphatic carbocycles. The van der Waals surface area contributed by atoms with Crippen LogP contribution in [0.5, 0.6) is 0 Å². The van der Waals surface area contributed by atoms with Gasteiger partial charge in [-0.3, -0.25) is 9.89 Å². The molecule has 0 aromatic carbocycles. The summed E-state index contributed by atoms with van der Waals surface area (Å²) in [6.45, 7) is 18.8. The van der Waals surface area contributed by atoms with E-state index in [1.807, 2.05) is 0 Å². The van der Waals surface area contributed by atoms with E-state index >= 15 is 0 Å². The van der Waals surface area contributed by atoms with Gasteiger partial charge in [0.1, 0.15) is 0 Å². The van der Waals surface area contributed by atoms with E-state index in [4.69, 9.17) is 9.73 Å². The Balaban J connectivity index is 0.00000312. The van der Waals surface area contributed by atoms with Crippen LogP contribution >= 0.6 is 24.0 Å². The second-order valence-corrected chi connectivity index (χ2v) is 7.93. The Morgan fingerprint density at radius 1 is 1.20 bits per heavy atom. The van der Waals surface area contributed by atoms with Crippen molar-refractivity contribution in [2.75, 3.05) is 65.6 Å². The zero-order valence-corrected chi connectivity index (χ0v) is 18.8. The fourth-order valence-electron chi connectivity index (χ4n) is 3.34. The minimum atomic E-state index is 0. The minimum absolute atomic E-state index is 0. The topological polar surface area (TPSA) is 52.1 Å². The van der Waals surface area contributed by atoms with Crippen LogP contribution < -0.4 is 10.6 Å². The van der Waals surface area contributed by atoms with Crippen molar-refractivity contribution in [1.29, 1.82) is 0 Å². The highest BCUT2D eigenvalue weighted by Crippen LogP contribution is 2.18. The Labute approximate surface area is 171 Å². The highest BCUT2D eigenvalue weighted by molar-refractivity contribution is 14.0. The standard InChI is InChI=1S/C18H37N5O.HI/c1-5-19-17(20-7-8-21-18(2,3)4)23-9-6-16(15-23)14-22-10-12-24-13-11-22;/h16,21H,5-15H2,1-4H3,(H,19,20);1H. The molecule has 0 amide bonds. The number of nitrogens with zero attached hydrogens (tertiary/aromatic N) is 3. The average Bonchev–Trinajstić information content (AvgIpc) is 2.99. The quantitative estimate of drug-likeness (QED) is 0.269. The van der Waals surface area contributed by atoms with E-state index in [0.717, 1.165) is 70.9 Å². The van der Waals surface area contributed by atoms with Crippen LogP contribution in [0.2, 0.25) is 0 Å². The van der Waals surface area contributed by atoms with Gasteiger partial charge in [-0.2, -0.15) is 0 Å². The lowest BCUT2D eigenvalue weighted by atomic mass is 10.1. The van der Waals surface area contributed by atoms with Crippen molar-refractivity contribution in [2.24, 2.45) is 10.9 Å². The zero-order valence-electron chi connectivity index (χ0n) is 16.5. The molecule has 148 valence electrons. The summed E-state index contributed by atoms with van der Waals surface area (Å²) in [5, 5.41) is 6.96. The SMILES string of the molecule is CCNC(=NCCNC(C)(C)C)N1CCC(CN2CCOCC2)C1.I. The van der Waals surface area contributed by atoms with Crippen LogP contribution in [0, 0.1) is 5.92 Å². The van der Waals surface area contributed by atoms with E-state index in [9.17, 15) is 0 Å². The fraction of sp³-hybridized carbons (Fsp3) is 0.944. The minimum Gasteiger partial charge on any atom is -0.379 e. The number of morpholine rings is 1. The molecule has 0 bridgehead atoms. The third-order valence-corrected chi connectivity index (χ3v) is 4.57. The summed E-state index contributed by atoms with van der Waals surface area (Å²) in [6.07, 6.45) is 1.27. The maximum Gasteiger partial charge on any atom is 0.193 e. The maximum atomic E-state index is 5.45. The molecule has 2 aliphatic heterocycles. The van der Waals surface area contributed by atoms with Crippen molar-refractivity contribution in [2.45, 2.75) is 39.7 Å². The number of guanidine groups is 1. The van der Waals surface area contributed by atoms with Crippen molar-refractivity contribution in [3.05, 3.63) is 0 Å². The summed E-state index contributed by atoms with van der Waals surface area (Å²) in [5.41, 5.74) is 0.158. The number of hydrogen-bond donors (Lipinski definition) is 2. The summed E-state index contributed by atoms with van der Waals surface area (Å²) in [7, 11) is 0. The zero-order chi connectivity index (χ0) is 17.4. The molecule has 1 unspecified atom stereocenters. The number of nitrogens with one attached hydrogen (secondary N) is 2. The van der Waals surface area contributed by atoms with Crippen LogP contribution in [-0.2, 0) is 4.74 Å². The molecule has 2 rings (SSSR count). The van der Waals surface area contributed by atoms with Crippen LogP contribution in [-0.4, -0.2) is 86.9 Å². The number of ether oxygens (including phenoxy) is 1. The summed E-state index contributed by atoms with van der Waals surface area (Å²) in [4.78, 5) is 9.80. The number of hydrogen-bond acceptors (Lipinski definition) is 4. The molecule has 7 heteroatoms. The molecule has 2 N–H and O–H groups in total. The Hall–Kier alpha value is -0.120. The van der Waals surface area contributed by atoms with Gasteiger partial charge in [-0.1, -0.05) is 0 Å². The first-order valence-corrected chi connectivity index (χ1v) is 9.56. The third kappa shape index (κ3) is 8.88. The van der Waals surface area contributed by atoms with E-state index < -0.39 is 0 Å². The summed E-state index contributed by atoms with van der Waals surface area (Å²) in [6, 6.07) is 0. The van der Waals surface area contributed by atoms with Crippen LogP contribution in [0.4, 0.5) is 0 Å². The number of aliphatic imine (C=N–C) groups is 1. The molecular weight excluding hydrogens is 429 g/mol. The van der Waals surface area contributed by atoms with Gasteiger partial charge >= 0.3 is 0 Å². The van der Waals surface area contributed by atoms with Gasteiger partial charge in [-0.25, -0.2) is 0 Å². The molecule has 0 aromatic rings. The molecule has 2 fully saturated rings. The van der Waals surface area contributed by atoms with Gasteiger partial charge in [0.05, 0.1) is 19.8 Å². The monoisotopic (exact) mass is 467 g/mol. The predicted molar refractivity (Wildman–Crippen MR) is 116 cm³/mol. The normalized spacial score (nSPS) is 22.8. The van der Waals surface area contributed by atoms with Crippen LogP contribution in [0.3, 0.4) is 0 Å². The van der Waals surface area contributed by atoms with E-state index in [2.05, 4.69) is 48.1 Å². The summed E-state index contributed by atoms with van der Waals surface area (Å²) >= 11 is 0. The average molecular weight is 467 g/mol. The predicted octanol–water partition coefficient (Wildman–Crippen LogP) is 1.61. The molecule has 0 spiro atoms. The van der Waals surface area contributed by atoms with Crippen LogP contribution in [0.15, 0.2) is 4.99 Å². The van der Waals surface area contributed by atoms with Gasteiger partial charge in [-0.15, -0.1) is 24.0 Å². The van der Waals surface area contributed by atoms with Crippen molar-refractivity contribution < 1.29 is 4.74 Å². The number of rotatable bonds is 6. The van der Waals surface area contributed by atoms with Gasteiger partial charge in [0, 0.05) is 51.4 Å². The molecule has 0 radical (unpaired) electrons. The molecule has 2 aliphatic rings. The van der Waals surface area contributed by atoms with Crippen molar-refractivity contribution >= 4 is 29.9 Å². The molecule has 25 heavy (non-hydrogen) atoms. The van der Waals surface area contributed by atoms with E-state index in [1.54, 1.807) is 0 Å². The van der Waals surface area contributed by atoms with Crippen LogP contribution in [0.25, 0.3) is 0 Å². The fourth-order valence-corrected chi connectivity index (χ4v) is 3.34. The summed E-state index contributed by atoms with van der Waals surface area (Å²) < 4.78 is 5.45. The smallest absolute Gasteiger partial charge is 0.193 e. The molecule has 0 aromatic heterocycles. The van der Waals surface area contributed by atoms with Gasteiger partial charge in [0.2, 0.25) is 0 Å². The number of halogens is 1. The van der Waals surface area contributed by atoms with Gasteiger partial charge in [-0.05, 0) is 40.0 Å². The van der Waals surface area contributed by atoms with Crippen molar-refractivity contribution in [3.63, 3.8) is 0 Å². The van der Waals surface area contributed by atoms with Crippen LogP contribution in [0.1, 0.15) is 34.1 Å². The highest BCUT2D eigenvalue weighted by atomic mass is 127. The first-order valence-electron chi connectivity index (χ1n) is 9.56. The summed E-state index contributed by atoms with van der Waals surface area (Å²) in [5.74, 6) is 1.83. The lowest BCUT2D eigenvalue weighted by Crippen LogP contribution is -2.43. The first kappa shape index (κ1) is 22.9. The van der Waals surface area contributed by atoms with Gasteiger partial charge < -0.3 is 20.3 Å². The lowest BCUT2D eigenvalue weighted by Gasteiger charge is -2.29. The lowest BCUT2D eigenvalue weighted by molar-refractivity contribution is 0.0315. The molecule has 1 atom stereocenters. The largest absolute Gasteiger partial charge is 0.379 e. The van der Waals surface area contributed by atoms with E-state index in [1.165, 1.54) is 13.0 Å².